The Balaban J connectivity index is 2.69. The Morgan fingerprint density at radius 1 is 1.47 bits per heavy atom. The number of hydrogen-bond donors (Lipinski definition) is 2. The first-order chi connectivity index (χ1) is 7.97. The van der Waals surface area contributed by atoms with Gasteiger partial charge >= 0.3 is 5.97 Å². The molecule has 1 fully saturated rings. The first-order valence-corrected chi connectivity index (χ1v) is 6.51. The smallest absolute Gasteiger partial charge is 0.303 e. The summed E-state index contributed by atoms with van der Waals surface area (Å²) in [6, 6.07) is 0. The van der Waals surface area contributed by atoms with Crippen molar-refractivity contribution in [2.45, 2.75) is 39.5 Å². The molecule has 2 unspecified atom stereocenters. The molecule has 3 nitrogen and oxygen atoms in total. The molecule has 1 aliphatic rings. The number of carbonyl (C=O) groups is 1. The van der Waals surface area contributed by atoms with E-state index in [-0.39, 0.29) is 11.8 Å². The fourth-order valence-corrected chi connectivity index (χ4v) is 3.53. The monoisotopic (exact) mass is 239 g/mol. The van der Waals surface area contributed by atoms with Gasteiger partial charge in [0.1, 0.15) is 0 Å². The summed E-state index contributed by atoms with van der Waals surface area (Å²) < 4.78 is 0. The molecular weight excluding hydrogens is 214 g/mol. The number of hydrogen-bond acceptors (Lipinski definition) is 2. The highest BCUT2D eigenvalue weighted by Gasteiger charge is 2.39. The summed E-state index contributed by atoms with van der Waals surface area (Å²) >= 11 is 0. The molecule has 2 atom stereocenters. The molecule has 2 N–H and O–H groups in total. The van der Waals surface area contributed by atoms with Crippen molar-refractivity contribution in [3.05, 3.63) is 12.7 Å². The van der Waals surface area contributed by atoms with Crippen molar-refractivity contribution in [2.75, 3.05) is 13.1 Å². The lowest BCUT2D eigenvalue weighted by Gasteiger charge is -2.42. The maximum absolute atomic E-state index is 11.1. The molecule has 0 saturated heterocycles. The minimum absolute atomic E-state index is 0.0636. The van der Waals surface area contributed by atoms with E-state index in [0.29, 0.717) is 11.8 Å². The Labute approximate surface area is 104 Å². The molecule has 0 aromatic heterocycles. The van der Waals surface area contributed by atoms with Crippen molar-refractivity contribution in [1.29, 1.82) is 0 Å². The Hall–Kier alpha value is -0.830. The van der Waals surface area contributed by atoms with Crippen LogP contribution in [0.25, 0.3) is 0 Å². The van der Waals surface area contributed by atoms with Crippen molar-refractivity contribution in [3.63, 3.8) is 0 Å². The highest BCUT2D eigenvalue weighted by atomic mass is 16.4. The normalized spacial score (nSPS) is 33.3. The molecule has 1 rings (SSSR count). The molecule has 17 heavy (non-hydrogen) atoms. The van der Waals surface area contributed by atoms with Crippen LogP contribution in [0.4, 0.5) is 0 Å². The summed E-state index contributed by atoms with van der Waals surface area (Å²) in [5.41, 5.74) is -0.0636. The van der Waals surface area contributed by atoms with Gasteiger partial charge in [0, 0.05) is 13.1 Å². The minimum atomic E-state index is -0.674. The van der Waals surface area contributed by atoms with E-state index in [1.54, 1.807) is 0 Å². The maximum atomic E-state index is 11.1. The summed E-state index contributed by atoms with van der Waals surface area (Å²) in [6.45, 7) is 9.70. The zero-order chi connectivity index (χ0) is 12.9. The fraction of sp³-hybridized carbons (Fsp3) is 0.786. The van der Waals surface area contributed by atoms with Gasteiger partial charge in [-0.2, -0.15) is 0 Å². The summed E-state index contributed by atoms with van der Waals surface area (Å²) in [7, 11) is 0. The van der Waals surface area contributed by atoms with Crippen molar-refractivity contribution < 1.29 is 9.90 Å². The highest BCUT2D eigenvalue weighted by molar-refractivity contribution is 5.67. The Morgan fingerprint density at radius 3 is 2.53 bits per heavy atom. The second kappa shape index (κ2) is 6.20. The predicted octanol–water partition coefficient (Wildman–Crippen LogP) is 2.68. The van der Waals surface area contributed by atoms with E-state index < -0.39 is 5.97 Å². The number of carboxylic acid groups (broad SMARTS) is 1. The summed E-state index contributed by atoms with van der Waals surface area (Å²) in [6.07, 6.45) is 5.38. The first-order valence-electron chi connectivity index (χ1n) is 6.51. The van der Waals surface area contributed by atoms with E-state index in [0.717, 1.165) is 25.9 Å². The van der Waals surface area contributed by atoms with Crippen LogP contribution in [0.2, 0.25) is 0 Å². The van der Waals surface area contributed by atoms with Crippen LogP contribution in [-0.4, -0.2) is 24.2 Å². The van der Waals surface area contributed by atoms with Crippen LogP contribution in [0.15, 0.2) is 12.7 Å². The van der Waals surface area contributed by atoms with E-state index in [2.05, 4.69) is 25.7 Å². The van der Waals surface area contributed by atoms with Crippen LogP contribution in [0.5, 0.6) is 0 Å². The maximum Gasteiger partial charge on any atom is 0.303 e. The van der Waals surface area contributed by atoms with E-state index in [1.807, 2.05) is 6.08 Å². The minimum Gasteiger partial charge on any atom is -0.481 e. The lowest BCUT2D eigenvalue weighted by molar-refractivity contribution is -0.140. The molecule has 0 aromatic rings. The quantitative estimate of drug-likeness (QED) is 0.553. The van der Waals surface area contributed by atoms with Gasteiger partial charge in [0.25, 0.3) is 0 Å². The molecule has 0 amide bonds. The van der Waals surface area contributed by atoms with Crippen LogP contribution in [0.1, 0.15) is 39.5 Å². The van der Waals surface area contributed by atoms with Crippen LogP contribution in [0, 0.1) is 17.3 Å². The SMILES string of the molecule is C=CCNCC1(CC(=O)O)CC(C)CC(C)C1. The summed E-state index contributed by atoms with van der Waals surface area (Å²) in [4.78, 5) is 11.1. The van der Waals surface area contributed by atoms with Crippen molar-refractivity contribution in [2.24, 2.45) is 17.3 Å². The lowest BCUT2D eigenvalue weighted by Crippen LogP contribution is -2.42. The molecule has 0 aliphatic heterocycles. The molecule has 0 heterocycles. The van der Waals surface area contributed by atoms with E-state index in [4.69, 9.17) is 5.11 Å². The molecule has 98 valence electrons. The van der Waals surface area contributed by atoms with Crippen LogP contribution in [-0.2, 0) is 4.79 Å². The largest absolute Gasteiger partial charge is 0.481 e. The topological polar surface area (TPSA) is 49.3 Å². The average Bonchev–Trinajstić information content (AvgIpc) is 2.14. The standard InChI is InChI=1S/C14H25NO2/c1-4-5-15-10-14(9-13(16)17)7-11(2)6-12(3)8-14/h4,11-12,15H,1,5-10H2,2-3H3,(H,16,17). The number of aliphatic carboxylic acids is 1. The van der Waals surface area contributed by atoms with Gasteiger partial charge in [-0.3, -0.25) is 4.79 Å². The Morgan fingerprint density at radius 2 is 2.06 bits per heavy atom. The van der Waals surface area contributed by atoms with Gasteiger partial charge in [0.15, 0.2) is 0 Å². The fourth-order valence-electron chi connectivity index (χ4n) is 3.53. The molecule has 0 aromatic carbocycles. The first kappa shape index (κ1) is 14.2. The zero-order valence-electron chi connectivity index (χ0n) is 11.0. The van der Waals surface area contributed by atoms with Crippen LogP contribution in [0.3, 0.4) is 0 Å². The molecule has 1 saturated carbocycles. The molecule has 1 aliphatic carbocycles. The molecule has 0 radical (unpaired) electrons. The summed E-state index contributed by atoms with van der Waals surface area (Å²) in [5, 5.41) is 12.4. The second-order valence-corrected chi connectivity index (χ2v) is 5.84. The van der Waals surface area contributed by atoms with Gasteiger partial charge in [-0.25, -0.2) is 0 Å². The number of rotatable bonds is 6. The predicted molar refractivity (Wildman–Crippen MR) is 69.9 cm³/mol. The molecule has 0 spiro atoms. The molecule has 3 heteroatoms. The van der Waals surface area contributed by atoms with Crippen molar-refractivity contribution >= 4 is 5.97 Å². The zero-order valence-corrected chi connectivity index (χ0v) is 11.0. The van der Waals surface area contributed by atoms with Gasteiger partial charge in [0.05, 0.1) is 6.42 Å². The third-order valence-electron chi connectivity index (χ3n) is 3.68. The third-order valence-corrected chi connectivity index (χ3v) is 3.68. The average molecular weight is 239 g/mol. The van der Waals surface area contributed by atoms with Gasteiger partial charge in [-0.05, 0) is 36.5 Å². The van der Waals surface area contributed by atoms with E-state index in [9.17, 15) is 4.79 Å². The molecule has 0 bridgehead atoms. The number of nitrogens with one attached hydrogen (secondary N) is 1. The molecular formula is C14H25NO2. The lowest BCUT2D eigenvalue weighted by atomic mass is 9.64. The highest BCUT2D eigenvalue weighted by Crippen LogP contribution is 2.44. The van der Waals surface area contributed by atoms with Crippen LogP contribution < -0.4 is 5.32 Å². The Kier molecular flexibility index (Phi) is 5.19. The van der Waals surface area contributed by atoms with Crippen molar-refractivity contribution in [3.8, 4) is 0 Å². The van der Waals surface area contributed by atoms with Gasteiger partial charge in [-0.1, -0.05) is 19.9 Å². The van der Waals surface area contributed by atoms with Gasteiger partial charge in [0.2, 0.25) is 0 Å². The third kappa shape index (κ3) is 4.50. The summed E-state index contributed by atoms with van der Waals surface area (Å²) in [5.74, 6) is 0.582. The van der Waals surface area contributed by atoms with Crippen LogP contribution >= 0.6 is 0 Å². The van der Waals surface area contributed by atoms with E-state index >= 15 is 0 Å². The second-order valence-electron chi connectivity index (χ2n) is 5.84. The number of carboxylic acids is 1. The van der Waals surface area contributed by atoms with E-state index in [1.165, 1.54) is 6.42 Å². The van der Waals surface area contributed by atoms with Gasteiger partial charge < -0.3 is 10.4 Å². The van der Waals surface area contributed by atoms with Gasteiger partial charge in [-0.15, -0.1) is 6.58 Å². The van der Waals surface area contributed by atoms with Crippen molar-refractivity contribution in [1.82, 2.24) is 5.32 Å². The Bertz CT molecular complexity index is 265.